The van der Waals surface area contributed by atoms with Crippen molar-refractivity contribution >= 4 is 28.9 Å². The highest BCUT2D eigenvalue weighted by Crippen LogP contribution is 2.39. The van der Waals surface area contributed by atoms with E-state index >= 15 is 0 Å². The number of amides is 1. The fourth-order valence-corrected chi connectivity index (χ4v) is 3.77. The summed E-state index contributed by atoms with van der Waals surface area (Å²) >= 11 is 0. The lowest BCUT2D eigenvalue weighted by Crippen LogP contribution is -2.20. The van der Waals surface area contributed by atoms with Crippen molar-refractivity contribution in [1.29, 1.82) is 0 Å². The van der Waals surface area contributed by atoms with E-state index in [1.54, 1.807) is 12.1 Å². The first-order chi connectivity index (χ1) is 19.1. The summed E-state index contributed by atoms with van der Waals surface area (Å²) < 4.78 is 61.7. The van der Waals surface area contributed by atoms with Gasteiger partial charge in [0.2, 0.25) is 0 Å². The third-order valence-electron chi connectivity index (χ3n) is 5.43. The van der Waals surface area contributed by atoms with Crippen molar-refractivity contribution in [3.63, 3.8) is 0 Å². The Kier molecular flexibility index (Phi) is 5.60. The Morgan fingerprint density at radius 1 is 1.05 bits per heavy atom. The average molecular weight is 509 g/mol. The molecule has 0 unspecified atom stereocenters. The topological polar surface area (TPSA) is 123 Å². The number of carbonyl (C=O) groups excluding carboxylic acids is 1. The van der Waals surface area contributed by atoms with Crippen LogP contribution in [0.25, 0.3) is 11.4 Å². The summed E-state index contributed by atoms with van der Waals surface area (Å²) in [6.45, 7) is -2.90. The van der Waals surface area contributed by atoms with Crippen molar-refractivity contribution in [1.82, 2.24) is 25.3 Å². The number of anilines is 4. The normalized spacial score (nSPS) is 14.1. The number of carbonyl (C=O) groups is 1. The second kappa shape index (κ2) is 10.1. The number of pyridine rings is 2. The number of nitrogens with one attached hydrogen (secondary N) is 3. The lowest BCUT2D eigenvalue weighted by Gasteiger charge is -2.19. The molecular weight excluding hydrogens is 484 g/mol. The van der Waals surface area contributed by atoms with Gasteiger partial charge >= 0.3 is 0 Å². The zero-order valence-electron chi connectivity index (χ0n) is 22.3. The van der Waals surface area contributed by atoms with Crippen LogP contribution in [0.3, 0.4) is 0 Å². The van der Waals surface area contributed by atoms with Crippen molar-refractivity contribution in [2.24, 2.45) is 0 Å². The molecular formula is C25H21F2N7O3. The number of aromatic nitrogens is 4. The van der Waals surface area contributed by atoms with Crippen molar-refractivity contribution in [3.05, 3.63) is 77.4 Å². The molecule has 0 atom stereocenters. The van der Waals surface area contributed by atoms with Gasteiger partial charge in [-0.15, -0.1) is 0 Å². The molecule has 0 saturated heterocycles. The molecule has 1 amide bonds. The summed E-state index contributed by atoms with van der Waals surface area (Å²) in [6, 6.07) is 7.44. The lowest BCUT2D eigenvalue weighted by molar-refractivity contribution is 0.0963. The average Bonchev–Trinajstić information content (AvgIpc) is 2.89. The molecule has 0 aliphatic carbocycles. The van der Waals surface area contributed by atoms with E-state index in [1.165, 1.54) is 31.5 Å². The molecule has 1 aliphatic rings. The van der Waals surface area contributed by atoms with Gasteiger partial charge in [0.1, 0.15) is 23.1 Å². The van der Waals surface area contributed by atoms with Crippen LogP contribution in [-0.4, -0.2) is 39.9 Å². The second-order valence-corrected chi connectivity index (χ2v) is 7.89. The number of benzene rings is 1. The Balaban J connectivity index is 1.69. The van der Waals surface area contributed by atoms with Crippen molar-refractivity contribution in [2.45, 2.75) is 13.2 Å². The second-order valence-electron chi connectivity index (χ2n) is 7.89. The first-order valence-corrected chi connectivity index (χ1v) is 10.9. The van der Waals surface area contributed by atoms with Crippen LogP contribution in [-0.2, 0) is 18.0 Å². The van der Waals surface area contributed by atoms with Gasteiger partial charge in [-0.05, 0) is 29.8 Å². The van der Waals surface area contributed by atoms with Gasteiger partial charge in [0.25, 0.3) is 5.91 Å². The van der Waals surface area contributed by atoms with Crippen molar-refractivity contribution in [3.8, 4) is 17.1 Å². The Labute approximate surface area is 214 Å². The van der Waals surface area contributed by atoms with Crippen LogP contribution in [0.2, 0.25) is 0 Å². The smallest absolute Gasteiger partial charge is 0.254 e. The van der Waals surface area contributed by atoms with Gasteiger partial charge in [0.05, 0.1) is 55.2 Å². The fraction of sp³-hybridized carbons (Fsp3) is 0.160. The minimum Gasteiger partial charge on any atom is -0.494 e. The van der Waals surface area contributed by atoms with Crippen LogP contribution < -0.4 is 20.7 Å². The van der Waals surface area contributed by atoms with E-state index in [-0.39, 0.29) is 53.4 Å². The largest absolute Gasteiger partial charge is 0.494 e. The maximum absolute atomic E-state index is 14.5. The molecule has 3 aromatic heterocycles. The van der Waals surface area contributed by atoms with Gasteiger partial charge in [-0.1, -0.05) is 0 Å². The lowest BCUT2D eigenvalue weighted by atomic mass is 10.1. The molecule has 5 rings (SSSR count). The first-order valence-electron chi connectivity index (χ1n) is 12.4. The van der Waals surface area contributed by atoms with Crippen LogP contribution >= 0.6 is 0 Å². The molecule has 4 aromatic rings. The number of hydrogen-bond acceptors (Lipinski definition) is 9. The molecule has 0 fully saturated rings. The van der Waals surface area contributed by atoms with Gasteiger partial charge in [0, 0.05) is 23.4 Å². The molecule has 0 saturated carbocycles. The van der Waals surface area contributed by atoms with Gasteiger partial charge in [-0.3, -0.25) is 4.79 Å². The third-order valence-corrected chi connectivity index (χ3v) is 5.43. The maximum atomic E-state index is 14.5. The van der Waals surface area contributed by atoms with E-state index in [0.717, 1.165) is 12.4 Å². The highest BCUT2D eigenvalue weighted by molar-refractivity contribution is 6.00. The molecule has 10 nitrogen and oxygen atoms in total. The van der Waals surface area contributed by atoms with Crippen LogP contribution in [0, 0.1) is 11.6 Å². The predicted octanol–water partition coefficient (Wildman–Crippen LogP) is 4.10. The number of methoxy groups -OCH3 is 1. The Bertz CT molecular complexity index is 1590. The minimum absolute atomic E-state index is 0.000365. The zero-order valence-corrected chi connectivity index (χ0v) is 19.3. The highest BCUT2D eigenvalue weighted by atomic mass is 19.1. The molecule has 6 bridgehead atoms. The van der Waals surface area contributed by atoms with Gasteiger partial charge in [-0.2, -0.15) is 0 Å². The quantitative estimate of drug-likeness (QED) is 0.375. The van der Waals surface area contributed by atoms with Crippen LogP contribution in [0.15, 0.2) is 48.9 Å². The first kappa shape index (κ1) is 20.5. The third kappa shape index (κ3) is 5.00. The molecule has 188 valence electrons. The summed E-state index contributed by atoms with van der Waals surface area (Å²) in [7, 11) is 1.41. The van der Waals surface area contributed by atoms with E-state index in [2.05, 4.69) is 30.6 Å². The standard InChI is InChI=1S/C25H21F2N7O3/c1-28-25(35)16-10-29-22-7-18(16)32-19-6-13(11-37-12-20-17(27)3-4-21(33-20)34-22)5-15(23(19)36-2)24-30-8-14(26)9-31-24/h3-10,32H,11-12H2,1-2H3,(H,28,35)(H,29,33,34)/i1D3. The van der Waals surface area contributed by atoms with E-state index in [0.29, 0.717) is 16.8 Å². The van der Waals surface area contributed by atoms with Crippen molar-refractivity contribution < 1.29 is 27.2 Å². The van der Waals surface area contributed by atoms with Gasteiger partial charge < -0.3 is 25.4 Å². The number of ether oxygens (including phenoxy) is 2. The molecule has 4 heterocycles. The predicted molar refractivity (Wildman–Crippen MR) is 131 cm³/mol. The summed E-state index contributed by atoms with van der Waals surface area (Å²) in [5, 5.41) is 8.00. The van der Waals surface area contributed by atoms with E-state index in [9.17, 15) is 13.6 Å². The zero-order chi connectivity index (χ0) is 28.4. The van der Waals surface area contributed by atoms with Crippen LogP contribution in [0.5, 0.6) is 5.75 Å². The van der Waals surface area contributed by atoms with Gasteiger partial charge in [0.15, 0.2) is 17.4 Å². The minimum atomic E-state index is -2.75. The number of hydrogen-bond donors (Lipinski definition) is 3. The molecule has 0 radical (unpaired) electrons. The summed E-state index contributed by atoms with van der Waals surface area (Å²) in [5.41, 5.74) is 1.37. The van der Waals surface area contributed by atoms with E-state index < -0.39 is 24.5 Å². The molecule has 12 heteroatoms. The molecule has 0 spiro atoms. The molecule has 1 aromatic carbocycles. The molecule has 1 aliphatic heterocycles. The van der Waals surface area contributed by atoms with Crippen molar-refractivity contribution in [2.75, 3.05) is 24.7 Å². The Hall–Kier alpha value is -4.71. The summed E-state index contributed by atoms with van der Waals surface area (Å²) in [4.78, 5) is 29.5. The van der Waals surface area contributed by atoms with Crippen LogP contribution in [0.4, 0.5) is 31.8 Å². The van der Waals surface area contributed by atoms with Crippen LogP contribution in [0.1, 0.15) is 25.7 Å². The number of nitrogens with zero attached hydrogens (tertiary/aromatic N) is 4. The van der Waals surface area contributed by atoms with E-state index in [4.69, 9.17) is 13.6 Å². The van der Waals surface area contributed by atoms with Gasteiger partial charge in [-0.25, -0.2) is 28.7 Å². The summed E-state index contributed by atoms with van der Waals surface area (Å²) in [5.74, 6) is -1.24. The number of rotatable bonds is 3. The highest BCUT2D eigenvalue weighted by Gasteiger charge is 2.20. The number of halogens is 2. The molecule has 3 N–H and O–H groups in total. The fourth-order valence-electron chi connectivity index (χ4n) is 3.77. The monoisotopic (exact) mass is 508 g/mol. The Morgan fingerprint density at radius 3 is 2.68 bits per heavy atom. The number of fused-ring (bicyclic) bond motifs is 6. The van der Waals surface area contributed by atoms with E-state index in [1.807, 2.05) is 5.32 Å². The molecule has 37 heavy (non-hydrogen) atoms. The SMILES string of the molecule is [2H]C([2H])([2H])NC(=O)c1cnc2cc1Nc1cc(cc(-c3ncc(F)cn3)c1OC)COCc1nc(ccc1F)N2. The Morgan fingerprint density at radius 2 is 1.89 bits per heavy atom. The maximum Gasteiger partial charge on any atom is 0.254 e. The summed E-state index contributed by atoms with van der Waals surface area (Å²) in [6.07, 6.45) is 3.19.